The van der Waals surface area contributed by atoms with Crippen molar-refractivity contribution in [2.45, 2.75) is 44.6 Å². The monoisotopic (exact) mass is 519 g/mol. The number of amides is 1. The van der Waals surface area contributed by atoms with Crippen LogP contribution in [0, 0.1) is 11.3 Å². The molecule has 3 aromatic rings. The van der Waals surface area contributed by atoms with Gasteiger partial charge in [-0.2, -0.15) is 10.2 Å². The molecule has 2 N–H and O–H groups in total. The Kier molecular flexibility index (Phi) is 7.28. The number of likely N-dealkylation sites (tertiary alicyclic amines) is 1. The van der Waals surface area contributed by atoms with E-state index in [-0.39, 0.29) is 30.8 Å². The van der Waals surface area contributed by atoms with Gasteiger partial charge in [0.1, 0.15) is 36.1 Å². The normalized spacial score (nSPS) is 19.5. The van der Waals surface area contributed by atoms with Gasteiger partial charge in [-0.25, -0.2) is 14.4 Å². The number of anilines is 2. The highest BCUT2D eigenvalue weighted by Gasteiger charge is 2.34. The van der Waals surface area contributed by atoms with Crippen molar-refractivity contribution < 1.29 is 23.8 Å². The molecule has 1 amide bonds. The molecule has 4 heterocycles. The number of carbonyl (C=O) groups excluding carboxylic acids is 1. The third kappa shape index (κ3) is 5.47. The molecule has 0 saturated carbocycles. The number of aromatic nitrogens is 4. The second-order valence-electron chi connectivity index (χ2n) is 9.12. The maximum absolute atomic E-state index is 14.8. The molecule has 2 aromatic heterocycles. The van der Waals surface area contributed by atoms with Gasteiger partial charge in [-0.3, -0.25) is 9.78 Å². The average Bonchev–Trinajstić information content (AvgIpc) is 2.94. The van der Waals surface area contributed by atoms with Crippen LogP contribution in [0.25, 0.3) is 11.4 Å². The predicted octanol–water partition coefficient (Wildman–Crippen LogP) is 2.57. The Labute approximate surface area is 218 Å². The van der Waals surface area contributed by atoms with Gasteiger partial charge in [-0.1, -0.05) is 0 Å². The third-order valence-electron chi connectivity index (χ3n) is 6.36. The lowest BCUT2D eigenvalue weighted by atomic mass is 10.0. The van der Waals surface area contributed by atoms with Crippen LogP contribution in [0.1, 0.15) is 31.0 Å². The van der Waals surface area contributed by atoms with Crippen molar-refractivity contribution in [3.8, 4) is 29.0 Å². The van der Waals surface area contributed by atoms with Crippen molar-refractivity contribution in [2.24, 2.45) is 0 Å². The highest BCUT2D eigenvalue weighted by Crippen LogP contribution is 2.29. The van der Waals surface area contributed by atoms with E-state index < -0.39 is 24.3 Å². The van der Waals surface area contributed by atoms with Crippen LogP contribution in [-0.4, -0.2) is 73.9 Å². The lowest BCUT2D eigenvalue weighted by Crippen LogP contribution is -2.51. The number of ether oxygens (including phenoxy) is 2. The first-order valence-electron chi connectivity index (χ1n) is 12.3. The number of halogens is 1. The zero-order valence-corrected chi connectivity index (χ0v) is 20.7. The summed E-state index contributed by atoms with van der Waals surface area (Å²) in [5.74, 6) is 1.08. The smallest absolute Gasteiger partial charge is 0.251 e. The molecule has 11 nitrogen and oxygen atoms in total. The van der Waals surface area contributed by atoms with Gasteiger partial charge in [0.2, 0.25) is 5.95 Å². The summed E-state index contributed by atoms with van der Waals surface area (Å²) in [7, 11) is 0. The molecule has 0 aliphatic carbocycles. The number of fused-ring (bicyclic) bond motifs is 1. The molecule has 0 spiro atoms. The molecule has 0 unspecified atom stereocenters. The summed E-state index contributed by atoms with van der Waals surface area (Å²) in [5.41, 5.74) is 2.34. The summed E-state index contributed by atoms with van der Waals surface area (Å²) < 4.78 is 26.3. The van der Waals surface area contributed by atoms with Gasteiger partial charge in [0.25, 0.3) is 5.91 Å². The molecule has 2 aliphatic heterocycles. The van der Waals surface area contributed by atoms with Gasteiger partial charge in [0.15, 0.2) is 12.0 Å². The summed E-state index contributed by atoms with van der Waals surface area (Å²) >= 11 is 0. The fourth-order valence-corrected chi connectivity index (χ4v) is 4.40. The van der Waals surface area contributed by atoms with Gasteiger partial charge >= 0.3 is 0 Å². The van der Waals surface area contributed by atoms with Crippen molar-refractivity contribution in [2.75, 3.05) is 25.0 Å². The van der Waals surface area contributed by atoms with E-state index >= 15 is 0 Å². The van der Waals surface area contributed by atoms with E-state index in [1.54, 1.807) is 24.4 Å². The fourth-order valence-electron chi connectivity index (χ4n) is 4.40. The van der Waals surface area contributed by atoms with E-state index in [1.165, 1.54) is 18.2 Å². The molecular formula is C26H26FN7O4. The Morgan fingerprint density at radius 3 is 3.00 bits per heavy atom. The molecule has 0 bridgehead atoms. The molecular weight excluding hydrogens is 493 g/mol. The Balaban J connectivity index is 1.29. The Morgan fingerprint density at radius 2 is 2.21 bits per heavy atom. The lowest BCUT2D eigenvalue weighted by Gasteiger charge is -2.35. The summed E-state index contributed by atoms with van der Waals surface area (Å²) in [6, 6.07) is 8.77. The minimum absolute atomic E-state index is 0.180. The van der Waals surface area contributed by atoms with Crippen LogP contribution >= 0.6 is 0 Å². The fraction of sp³-hybridized carbons (Fsp3) is 0.385. The van der Waals surface area contributed by atoms with Crippen molar-refractivity contribution in [1.82, 2.24) is 24.8 Å². The minimum Gasteiger partial charge on any atom is -0.492 e. The first kappa shape index (κ1) is 25.3. The number of hydrogen-bond acceptors (Lipinski definition) is 10. The van der Waals surface area contributed by atoms with Gasteiger partial charge in [0, 0.05) is 24.6 Å². The second-order valence-corrected chi connectivity index (χ2v) is 9.12. The molecule has 2 aliphatic rings. The summed E-state index contributed by atoms with van der Waals surface area (Å²) in [6.07, 6.45) is 1.63. The maximum atomic E-state index is 14.8. The number of aliphatic hydroxyl groups is 1. The number of rotatable bonds is 6. The lowest BCUT2D eigenvalue weighted by molar-refractivity contribution is -0.143. The number of benzene rings is 1. The highest BCUT2D eigenvalue weighted by atomic mass is 19.1. The van der Waals surface area contributed by atoms with Crippen molar-refractivity contribution in [3.05, 3.63) is 48.0 Å². The van der Waals surface area contributed by atoms with Crippen LogP contribution in [0.15, 0.2) is 36.8 Å². The van der Waals surface area contributed by atoms with Crippen molar-refractivity contribution in [3.63, 3.8) is 0 Å². The number of carbonyl (C=O) groups is 1. The first-order chi connectivity index (χ1) is 18.4. The molecule has 12 heteroatoms. The van der Waals surface area contributed by atoms with Crippen LogP contribution in [0.4, 0.5) is 16.0 Å². The van der Waals surface area contributed by atoms with Crippen LogP contribution in [0.2, 0.25) is 0 Å². The largest absolute Gasteiger partial charge is 0.492 e. The Morgan fingerprint density at radius 1 is 1.34 bits per heavy atom. The number of alkyl halides is 1. The quantitative estimate of drug-likeness (QED) is 0.498. The van der Waals surface area contributed by atoms with Crippen molar-refractivity contribution in [1.29, 1.82) is 5.26 Å². The zero-order valence-electron chi connectivity index (χ0n) is 20.7. The van der Waals surface area contributed by atoms with Crippen LogP contribution in [-0.2, 0) is 11.2 Å². The van der Waals surface area contributed by atoms with E-state index in [9.17, 15) is 19.6 Å². The SMILES string of the molecule is C[C@H](O)C(=O)N1CC[C@H](Oc2ccc(-c3ncnc(Nc4cnc5c(c4)OCCC5)n3)cc2C#N)[C@H](F)C1. The van der Waals surface area contributed by atoms with Crippen LogP contribution in [0.5, 0.6) is 11.5 Å². The summed E-state index contributed by atoms with van der Waals surface area (Å²) in [6.45, 7) is 2.08. The first-order valence-corrected chi connectivity index (χ1v) is 12.3. The van der Waals surface area contributed by atoms with E-state index in [1.807, 2.05) is 6.07 Å². The number of piperidine rings is 1. The summed E-state index contributed by atoms with van der Waals surface area (Å²) in [5, 5.41) is 22.3. The molecule has 196 valence electrons. The number of nitriles is 1. The number of nitrogens with one attached hydrogen (secondary N) is 1. The highest BCUT2D eigenvalue weighted by molar-refractivity contribution is 5.80. The third-order valence-corrected chi connectivity index (χ3v) is 6.36. The number of aryl methyl sites for hydroxylation is 1. The molecule has 0 radical (unpaired) electrons. The molecule has 1 aromatic carbocycles. The van der Waals surface area contributed by atoms with E-state index in [0.29, 0.717) is 29.6 Å². The number of nitrogens with zero attached hydrogens (tertiary/aromatic N) is 6. The minimum atomic E-state index is -1.46. The Hall–Kier alpha value is -4.37. The van der Waals surface area contributed by atoms with Gasteiger partial charge in [0.05, 0.1) is 36.3 Å². The second kappa shape index (κ2) is 10.9. The molecule has 3 atom stereocenters. The number of aliphatic hydroxyl groups excluding tert-OH is 1. The number of pyridine rings is 1. The number of hydrogen-bond donors (Lipinski definition) is 2. The molecule has 38 heavy (non-hydrogen) atoms. The molecule has 1 saturated heterocycles. The van der Waals surface area contributed by atoms with Crippen LogP contribution < -0.4 is 14.8 Å². The van der Waals surface area contributed by atoms with Gasteiger partial charge < -0.3 is 24.8 Å². The zero-order chi connectivity index (χ0) is 26.6. The van der Waals surface area contributed by atoms with Gasteiger partial charge in [-0.05, 0) is 38.0 Å². The van der Waals surface area contributed by atoms with Crippen molar-refractivity contribution >= 4 is 17.5 Å². The van der Waals surface area contributed by atoms with E-state index in [4.69, 9.17) is 9.47 Å². The molecule has 1 fully saturated rings. The van der Waals surface area contributed by atoms with E-state index in [0.717, 1.165) is 24.3 Å². The van der Waals surface area contributed by atoms with Crippen LogP contribution in [0.3, 0.4) is 0 Å². The predicted molar refractivity (Wildman–Crippen MR) is 134 cm³/mol. The van der Waals surface area contributed by atoms with E-state index in [2.05, 4.69) is 31.3 Å². The topological polar surface area (TPSA) is 146 Å². The molecule has 5 rings (SSSR count). The van der Waals surface area contributed by atoms with Gasteiger partial charge in [-0.15, -0.1) is 0 Å². The average molecular weight is 520 g/mol. The Bertz CT molecular complexity index is 1380. The summed E-state index contributed by atoms with van der Waals surface area (Å²) in [4.78, 5) is 30.5. The maximum Gasteiger partial charge on any atom is 0.251 e. The standard InChI is InChI=1S/C26H26FN7O4/c1-15(35)25(36)34-7-6-22(19(27)13-34)38-21-5-4-16(9-17(21)11-28)24-30-14-31-26(33-24)32-18-10-23-20(29-12-18)3-2-8-37-23/h4-5,9-10,12,14-15,19,22,35H,2-3,6-8,13H2,1H3,(H,30,31,32,33)/t15-,19+,22-/m0/s1.